The molecule has 21 heavy (non-hydrogen) atoms. The number of rotatable bonds is 2. The normalized spacial score (nSPS) is 18.1. The van der Waals surface area contributed by atoms with Crippen LogP contribution in [0.25, 0.3) is 0 Å². The van der Waals surface area contributed by atoms with Crippen molar-refractivity contribution >= 4 is 5.97 Å². The lowest BCUT2D eigenvalue weighted by molar-refractivity contribution is 0.0508. The van der Waals surface area contributed by atoms with Gasteiger partial charge in [0.2, 0.25) is 0 Å². The van der Waals surface area contributed by atoms with Crippen molar-refractivity contribution < 1.29 is 14.3 Å². The number of benzene rings is 1. The van der Waals surface area contributed by atoms with Gasteiger partial charge < -0.3 is 9.47 Å². The zero-order valence-corrected chi connectivity index (χ0v) is 13.2. The molecule has 4 heteroatoms. The van der Waals surface area contributed by atoms with Crippen molar-refractivity contribution in [3.05, 3.63) is 28.8 Å². The first-order valence-electron chi connectivity index (χ1n) is 7.15. The summed E-state index contributed by atoms with van der Waals surface area (Å²) in [5, 5.41) is 9.39. The van der Waals surface area contributed by atoms with E-state index in [9.17, 15) is 10.1 Å². The highest BCUT2D eigenvalue weighted by Gasteiger charge is 2.40. The van der Waals surface area contributed by atoms with Crippen LogP contribution in [0.3, 0.4) is 0 Å². The maximum absolute atomic E-state index is 12.0. The zero-order chi connectivity index (χ0) is 15.8. The van der Waals surface area contributed by atoms with E-state index in [0.29, 0.717) is 23.5 Å². The molecule has 0 saturated heterocycles. The van der Waals surface area contributed by atoms with Crippen LogP contribution in [-0.2, 0) is 10.2 Å². The predicted octanol–water partition coefficient (Wildman–Crippen LogP) is 3.57. The molecule has 0 aliphatic carbocycles. The summed E-state index contributed by atoms with van der Waals surface area (Å²) in [6.45, 7) is 10.3. The number of nitriles is 1. The Hall–Kier alpha value is -2.02. The smallest absolute Gasteiger partial charge is 0.338 e. The average Bonchev–Trinajstić information content (AvgIpc) is 2.36. The molecule has 0 unspecified atom stereocenters. The topological polar surface area (TPSA) is 59.3 Å². The van der Waals surface area contributed by atoms with Crippen LogP contribution in [0.2, 0.25) is 0 Å². The minimum Gasteiger partial charge on any atom is -0.486 e. The van der Waals surface area contributed by atoms with Crippen molar-refractivity contribution in [3.63, 3.8) is 0 Å². The molecule has 0 atom stereocenters. The van der Waals surface area contributed by atoms with Crippen LogP contribution >= 0.6 is 0 Å². The highest BCUT2D eigenvalue weighted by atomic mass is 16.5. The Labute approximate surface area is 125 Å². The monoisotopic (exact) mass is 287 g/mol. The second kappa shape index (κ2) is 5.07. The van der Waals surface area contributed by atoms with Crippen LogP contribution in [0.5, 0.6) is 5.75 Å². The van der Waals surface area contributed by atoms with Gasteiger partial charge in [0.05, 0.1) is 17.7 Å². The lowest BCUT2D eigenvalue weighted by atomic mass is 9.72. The molecule has 1 aromatic carbocycles. The van der Waals surface area contributed by atoms with Crippen LogP contribution in [0.4, 0.5) is 0 Å². The lowest BCUT2D eigenvalue weighted by Crippen LogP contribution is -2.41. The van der Waals surface area contributed by atoms with Crippen molar-refractivity contribution in [2.24, 2.45) is 0 Å². The summed E-state index contributed by atoms with van der Waals surface area (Å²) in [4.78, 5) is 12.0. The molecule has 4 nitrogen and oxygen atoms in total. The van der Waals surface area contributed by atoms with E-state index >= 15 is 0 Å². The number of nitrogens with zero attached hydrogens (tertiary/aromatic N) is 1. The highest BCUT2D eigenvalue weighted by Crippen LogP contribution is 2.46. The molecule has 1 aliphatic rings. The average molecular weight is 287 g/mol. The van der Waals surface area contributed by atoms with Gasteiger partial charge in [-0.1, -0.05) is 13.8 Å². The Morgan fingerprint density at radius 2 is 2.05 bits per heavy atom. The molecule has 0 bridgehead atoms. The zero-order valence-electron chi connectivity index (χ0n) is 13.2. The Kier molecular flexibility index (Phi) is 3.71. The van der Waals surface area contributed by atoms with Crippen LogP contribution in [0, 0.1) is 11.3 Å². The van der Waals surface area contributed by atoms with Crippen molar-refractivity contribution in [2.75, 3.05) is 6.61 Å². The maximum atomic E-state index is 12.0. The molecular formula is C17H21NO3. The second-order valence-electron chi connectivity index (χ2n) is 6.66. The molecule has 0 amide bonds. The fourth-order valence-electron chi connectivity index (χ4n) is 3.13. The van der Waals surface area contributed by atoms with Crippen LogP contribution in [0.15, 0.2) is 12.1 Å². The second-order valence-corrected chi connectivity index (χ2v) is 6.66. The van der Waals surface area contributed by atoms with Gasteiger partial charge in [-0.3, -0.25) is 0 Å². The van der Waals surface area contributed by atoms with Gasteiger partial charge in [-0.15, -0.1) is 0 Å². The van der Waals surface area contributed by atoms with Crippen molar-refractivity contribution in [1.82, 2.24) is 0 Å². The van der Waals surface area contributed by atoms with Crippen LogP contribution in [0.1, 0.15) is 62.5 Å². The van der Waals surface area contributed by atoms with Gasteiger partial charge in [-0.05, 0) is 44.7 Å². The number of ether oxygens (including phenoxy) is 2. The number of hydrogen-bond acceptors (Lipinski definition) is 4. The molecule has 0 N–H and O–H groups in total. The molecule has 2 rings (SSSR count). The fraction of sp³-hybridized carbons (Fsp3) is 0.529. The van der Waals surface area contributed by atoms with E-state index in [4.69, 9.17) is 9.47 Å². The third-order valence-corrected chi connectivity index (χ3v) is 3.70. The minimum absolute atomic E-state index is 0.175. The molecule has 0 radical (unpaired) electrons. The van der Waals surface area contributed by atoms with E-state index in [1.807, 2.05) is 13.8 Å². The van der Waals surface area contributed by atoms with Crippen molar-refractivity contribution in [3.8, 4) is 11.8 Å². The quantitative estimate of drug-likeness (QED) is 0.780. The van der Waals surface area contributed by atoms with Gasteiger partial charge in [0.15, 0.2) is 0 Å². The van der Waals surface area contributed by atoms with Gasteiger partial charge in [0.25, 0.3) is 0 Å². The summed E-state index contributed by atoms with van der Waals surface area (Å²) >= 11 is 0. The largest absolute Gasteiger partial charge is 0.486 e. The Balaban J connectivity index is 2.62. The van der Waals surface area contributed by atoms with Gasteiger partial charge in [-0.2, -0.15) is 5.26 Å². The number of esters is 1. The molecule has 112 valence electrons. The Bertz CT molecular complexity index is 624. The summed E-state index contributed by atoms with van der Waals surface area (Å²) in [6.07, 6.45) is 0.810. The Morgan fingerprint density at radius 3 is 2.62 bits per heavy atom. The number of fused-ring (bicyclic) bond motifs is 1. The molecule has 0 fully saturated rings. The minimum atomic E-state index is -0.405. The van der Waals surface area contributed by atoms with Crippen molar-refractivity contribution in [2.45, 2.75) is 52.1 Å². The molecule has 1 aliphatic heterocycles. The Morgan fingerprint density at radius 1 is 1.38 bits per heavy atom. The van der Waals surface area contributed by atoms with Crippen LogP contribution in [-0.4, -0.2) is 18.2 Å². The standard InChI is InChI=1S/C17H21NO3/c1-6-20-15(19)11-7-12(9-18)14-13(8-11)16(2,3)10-17(4,5)21-14/h7-8H,6,10H2,1-5H3. The van der Waals surface area contributed by atoms with E-state index in [1.165, 1.54) is 0 Å². The summed E-state index contributed by atoms with van der Waals surface area (Å²) in [6, 6.07) is 5.48. The number of hydrogen-bond donors (Lipinski definition) is 0. The summed E-state index contributed by atoms with van der Waals surface area (Å²) in [5.41, 5.74) is 1.17. The van der Waals surface area contributed by atoms with Gasteiger partial charge in [0.1, 0.15) is 17.4 Å². The van der Waals surface area contributed by atoms with Crippen molar-refractivity contribution in [1.29, 1.82) is 5.26 Å². The molecule has 0 aromatic heterocycles. The molecular weight excluding hydrogens is 266 g/mol. The van der Waals surface area contributed by atoms with Gasteiger partial charge in [-0.25, -0.2) is 4.79 Å². The third-order valence-electron chi connectivity index (χ3n) is 3.70. The number of carbonyl (C=O) groups excluding carboxylic acids is 1. The summed E-state index contributed by atoms with van der Waals surface area (Å²) < 4.78 is 11.0. The maximum Gasteiger partial charge on any atom is 0.338 e. The molecule has 1 aromatic rings. The first kappa shape index (κ1) is 15.4. The van der Waals surface area contributed by atoms with E-state index < -0.39 is 5.97 Å². The van der Waals surface area contributed by atoms with Gasteiger partial charge >= 0.3 is 5.97 Å². The van der Waals surface area contributed by atoms with E-state index in [-0.39, 0.29) is 11.0 Å². The predicted molar refractivity (Wildman–Crippen MR) is 79.5 cm³/mol. The molecule has 0 spiro atoms. The van der Waals surface area contributed by atoms with Gasteiger partial charge in [0, 0.05) is 5.56 Å². The molecule has 0 saturated carbocycles. The van der Waals surface area contributed by atoms with E-state index in [2.05, 4.69) is 19.9 Å². The highest BCUT2D eigenvalue weighted by molar-refractivity contribution is 5.90. The SMILES string of the molecule is CCOC(=O)c1cc(C#N)c2c(c1)C(C)(C)CC(C)(C)O2. The fourth-order valence-corrected chi connectivity index (χ4v) is 3.13. The number of carbonyl (C=O) groups is 1. The first-order chi connectivity index (χ1) is 9.70. The molecule has 1 heterocycles. The summed E-state index contributed by atoms with van der Waals surface area (Å²) in [7, 11) is 0. The summed E-state index contributed by atoms with van der Waals surface area (Å²) in [5.74, 6) is 0.184. The first-order valence-corrected chi connectivity index (χ1v) is 7.15. The van der Waals surface area contributed by atoms with Crippen LogP contribution < -0.4 is 4.74 Å². The van der Waals surface area contributed by atoms with E-state index in [1.54, 1.807) is 19.1 Å². The lowest BCUT2D eigenvalue weighted by Gasteiger charge is -2.42. The third kappa shape index (κ3) is 2.87. The van der Waals surface area contributed by atoms with E-state index in [0.717, 1.165) is 12.0 Å².